The van der Waals surface area contributed by atoms with Gasteiger partial charge in [-0.2, -0.15) is 5.10 Å². The molecule has 0 unspecified atom stereocenters. The zero-order valence-electron chi connectivity index (χ0n) is 14.7. The van der Waals surface area contributed by atoms with Crippen LogP contribution in [0.25, 0.3) is 11.0 Å². The number of anilines is 1. The second-order valence-corrected chi connectivity index (χ2v) is 5.71. The van der Waals surface area contributed by atoms with Crippen molar-refractivity contribution in [3.8, 4) is 0 Å². The Bertz CT molecular complexity index is 1170. The van der Waals surface area contributed by atoms with E-state index >= 15 is 0 Å². The zero-order valence-corrected chi connectivity index (χ0v) is 14.7. The molecule has 0 aliphatic rings. The van der Waals surface area contributed by atoms with E-state index in [9.17, 15) is 24.8 Å². The molecule has 0 saturated heterocycles. The van der Waals surface area contributed by atoms with Crippen LogP contribution in [0.15, 0.2) is 52.5 Å². The van der Waals surface area contributed by atoms with Gasteiger partial charge in [0.1, 0.15) is 16.9 Å². The summed E-state index contributed by atoms with van der Waals surface area (Å²) in [5.41, 5.74) is 2.49. The minimum atomic E-state index is -1.30. The van der Waals surface area contributed by atoms with Crippen LogP contribution < -0.4 is 10.9 Å². The number of hydrogen-bond donors (Lipinski definition) is 2. The Kier molecular flexibility index (Phi) is 5.12. The van der Waals surface area contributed by atoms with Crippen molar-refractivity contribution in [3.63, 3.8) is 0 Å². The molecule has 0 spiro atoms. The number of nitro groups is 1. The third-order valence-electron chi connectivity index (χ3n) is 4.00. The molecular weight excluding hydrogens is 366 g/mol. The summed E-state index contributed by atoms with van der Waals surface area (Å²) in [5.74, 6) is -1.30. The van der Waals surface area contributed by atoms with Gasteiger partial charge >= 0.3 is 5.97 Å². The molecule has 0 amide bonds. The highest BCUT2D eigenvalue weighted by Gasteiger charge is 2.15. The molecule has 10 heteroatoms. The molecule has 3 rings (SSSR count). The molecule has 0 radical (unpaired) electrons. The molecule has 28 heavy (non-hydrogen) atoms. The highest BCUT2D eigenvalue weighted by Crippen LogP contribution is 2.22. The third-order valence-corrected chi connectivity index (χ3v) is 4.00. The van der Waals surface area contributed by atoms with E-state index in [2.05, 4.69) is 15.5 Å². The van der Waals surface area contributed by atoms with Crippen LogP contribution in [-0.2, 0) is 6.54 Å². The van der Waals surface area contributed by atoms with E-state index in [1.807, 2.05) is 0 Å². The van der Waals surface area contributed by atoms with Gasteiger partial charge in [0.15, 0.2) is 0 Å². The first-order chi connectivity index (χ1) is 13.4. The number of carboxylic acid groups (broad SMARTS) is 1. The smallest absolute Gasteiger partial charge is 0.341 e. The summed E-state index contributed by atoms with van der Waals surface area (Å²) in [4.78, 5) is 38.4. The van der Waals surface area contributed by atoms with Crippen molar-refractivity contribution < 1.29 is 14.8 Å². The Labute approximate surface area is 157 Å². The summed E-state index contributed by atoms with van der Waals surface area (Å²) in [6, 6.07) is 9.06. The topological polar surface area (TPSA) is 140 Å². The lowest BCUT2D eigenvalue weighted by atomic mass is 10.2. The molecule has 1 aromatic carbocycles. The first-order valence-electron chi connectivity index (χ1n) is 8.22. The second kappa shape index (κ2) is 7.66. The van der Waals surface area contributed by atoms with Crippen molar-refractivity contribution in [1.82, 2.24) is 9.55 Å². The molecule has 0 saturated carbocycles. The highest BCUT2D eigenvalue weighted by molar-refractivity contribution is 5.92. The summed E-state index contributed by atoms with van der Waals surface area (Å²) >= 11 is 0. The Morgan fingerprint density at radius 2 is 2.11 bits per heavy atom. The Morgan fingerprint density at radius 1 is 1.36 bits per heavy atom. The number of hydrazone groups is 1. The second-order valence-electron chi connectivity index (χ2n) is 5.71. The van der Waals surface area contributed by atoms with Gasteiger partial charge < -0.3 is 9.67 Å². The number of nitro benzene ring substituents is 1. The molecule has 3 aromatic rings. The van der Waals surface area contributed by atoms with Gasteiger partial charge in [-0.15, -0.1) is 0 Å². The number of hydrogen-bond acceptors (Lipinski definition) is 7. The lowest BCUT2D eigenvalue weighted by molar-refractivity contribution is -0.384. The highest BCUT2D eigenvalue weighted by atomic mass is 16.6. The Morgan fingerprint density at radius 3 is 2.79 bits per heavy atom. The predicted molar refractivity (Wildman–Crippen MR) is 103 cm³/mol. The number of benzene rings is 1. The number of para-hydroxylation sites is 2. The van der Waals surface area contributed by atoms with E-state index in [1.54, 1.807) is 23.6 Å². The van der Waals surface area contributed by atoms with Gasteiger partial charge in [-0.3, -0.25) is 20.3 Å². The molecule has 2 heterocycles. The zero-order chi connectivity index (χ0) is 20.3. The molecule has 2 aromatic heterocycles. The lowest BCUT2D eigenvalue weighted by Crippen LogP contribution is -2.19. The van der Waals surface area contributed by atoms with Crippen molar-refractivity contribution in [2.75, 3.05) is 5.43 Å². The molecule has 0 atom stereocenters. The van der Waals surface area contributed by atoms with Crippen LogP contribution in [0, 0.1) is 10.1 Å². The number of nitrogens with zero attached hydrogens (tertiary/aromatic N) is 4. The van der Waals surface area contributed by atoms with E-state index in [0.29, 0.717) is 17.9 Å². The van der Waals surface area contributed by atoms with E-state index in [0.717, 1.165) is 0 Å². The number of carboxylic acids is 1. The fourth-order valence-electron chi connectivity index (χ4n) is 2.64. The summed E-state index contributed by atoms with van der Waals surface area (Å²) in [6.45, 7) is 2.22. The molecule has 0 aliphatic heterocycles. The first kappa shape index (κ1) is 18.7. The van der Waals surface area contributed by atoms with Crippen molar-refractivity contribution in [2.45, 2.75) is 13.5 Å². The maximum Gasteiger partial charge on any atom is 0.341 e. The van der Waals surface area contributed by atoms with Crippen LogP contribution >= 0.6 is 0 Å². The monoisotopic (exact) mass is 381 g/mol. The summed E-state index contributed by atoms with van der Waals surface area (Å²) in [6.07, 6.45) is 2.61. The minimum Gasteiger partial charge on any atom is -0.477 e. The van der Waals surface area contributed by atoms with Crippen LogP contribution in [0.2, 0.25) is 0 Å². The van der Waals surface area contributed by atoms with Gasteiger partial charge in [-0.05, 0) is 25.1 Å². The number of rotatable bonds is 6. The average molecular weight is 381 g/mol. The molecule has 0 aliphatic carbocycles. The van der Waals surface area contributed by atoms with E-state index < -0.39 is 16.3 Å². The third kappa shape index (κ3) is 3.56. The standard InChI is InChI=1S/C18H15N5O5/c1-2-22-10-13(18(25)26)16(24)12-8-7-11(20-17(12)22)9-19-21-14-5-3-4-6-15(14)23(27)28/h3-10,21H,2H2,1H3,(H,25,26). The van der Waals surface area contributed by atoms with Crippen LogP contribution in [0.4, 0.5) is 11.4 Å². The molecule has 0 bridgehead atoms. The Balaban J connectivity index is 1.96. The first-order valence-corrected chi connectivity index (χ1v) is 8.22. The van der Waals surface area contributed by atoms with E-state index in [-0.39, 0.29) is 22.3 Å². The number of aryl methyl sites for hydroxylation is 1. The molecule has 0 fully saturated rings. The number of fused-ring (bicyclic) bond motifs is 1. The van der Waals surface area contributed by atoms with E-state index in [1.165, 1.54) is 36.7 Å². The van der Waals surface area contributed by atoms with Crippen molar-refractivity contribution >= 4 is 34.6 Å². The molecule has 142 valence electrons. The van der Waals surface area contributed by atoms with Gasteiger partial charge in [0.25, 0.3) is 5.69 Å². The molecular formula is C18H15N5O5. The fraction of sp³-hybridized carbons (Fsp3) is 0.111. The minimum absolute atomic E-state index is 0.118. The molecule has 10 nitrogen and oxygen atoms in total. The van der Waals surface area contributed by atoms with Gasteiger partial charge in [0, 0.05) is 18.8 Å². The van der Waals surface area contributed by atoms with Crippen LogP contribution in [0.1, 0.15) is 23.0 Å². The number of pyridine rings is 2. The maximum atomic E-state index is 12.3. The average Bonchev–Trinajstić information content (AvgIpc) is 2.68. The van der Waals surface area contributed by atoms with Crippen molar-refractivity contribution in [2.24, 2.45) is 5.10 Å². The van der Waals surface area contributed by atoms with Crippen molar-refractivity contribution in [1.29, 1.82) is 0 Å². The van der Waals surface area contributed by atoms with E-state index in [4.69, 9.17) is 0 Å². The van der Waals surface area contributed by atoms with Gasteiger partial charge in [-0.25, -0.2) is 9.78 Å². The van der Waals surface area contributed by atoms with Gasteiger partial charge in [-0.1, -0.05) is 12.1 Å². The summed E-state index contributed by atoms with van der Waals surface area (Å²) in [5, 5.41) is 24.3. The largest absolute Gasteiger partial charge is 0.477 e. The van der Waals surface area contributed by atoms with Crippen LogP contribution in [0.5, 0.6) is 0 Å². The SMILES string of the molecule is CCn1cc(C(=O)O)c(=O)c2ccc(C=NNc3ccccc3[N+](=O)[O-])nc21. The molecule has 2 N–H and O–H groups in total. The lowest BCUT2D eigenvalue weighted by Gasteiger charge is -2.09. The number of nitrogens with one attached hydrogen (secondary N) is 1. The Hall–Kier alpha value is -4.08. The predicted octanol–water partition coefficient (Wildman–Crippen LogP) is 2.47. The van der Waals surface area contributed by atoms with Gasteiger partial charge in [0.2, 0.25) is 5.43 Å². The van der Waals surface area contributed by atoms with Crippen LogP contribution in [-0.4, -0.2) is 31.8 Å². The maximum absolute atomic E-state index is 12.3. The summed E-state index contributed by atoms with van der Waals surface area (Å²) in [7, 11) is 0. The number of carbonyl (C=O) groups is 1. The quantitative estimate of drug-likeness (QED) is 0.380. The van der Waals surface area contributed by atoms with Crippen molar-refractivity contribution in [3.05, 3.63) is 74.2 Å². The summed E-state index contributed by atoms with van der Waals surface area (Å²) < 4.78 is 1.56. The number of aromatic nitrogens is 2. The normalized spacial score (nSPS) is 11.0. The number of aromatic carboxylic acids is 1. The van der Waals surface area contributed by atoms with Gasteiger partial charge in [0.05, 0.1) is 22.2 Å². The van der Waals surface area contributed by atoms with Crippen LogP contribution in [0.3, 0.4) is 0 Å². The fourth-order valence-corrected chi connectivity index (χ4v) is 2.64.